The van der Waals surface area contributed by atoms with Crippen LogP contribution in [-0.4, -0.2) is 37.5 Å². The summed E-state index contributed by atoms with van der Waals surface area (Å²) in [4.78, 5) is 10.2. The van der Waals surface area contributed by atoms with Gasteiger partial charge in [0.2, 0.25) is 0 Å². The maximum Gasteiger partial charge on any atom is 0.330 e. The molecule has 0 fully saturated rings. The standard InChI is InChI=1S/C6H10O2.C3H10N2.C3H8O/c1-3-5-8-6(7)4-2;1-2-5-3-4;1-2-3-4/h4H,2-3,5H2,1H3;5H,2-4H2,1H3;4H,2-3H2,1H3. The van der Waals surface area contributed by atoms with Gasteiger partial charge < -0.3 is 20.9 Å². The van der Waals surface area contributed by atoms with Gasteiger partial charge in [0, 0.05) is 19.4 Å². The number of carbonyl (C=O) groups excluding carboxylic acids is 1. The summed E-state index contributed by atoms with van der Waals surface area (Å²) in [7, 11) is 0. The van der Waals surface area contributed by atoms with Crippen LogP contribution >= 0.6 is 0 Å². The summed E-state index contributed by atoms with van der Waals surface area (Å²) < 4.78 is 4.58. The molecule has 0 heterocycles. The van der Waals surface area contributed by atoms with Crippen molar-refractivity contribution in [1.29, 1.82) is 0 Å². The quantitative estimate of drug-likeness (QED) is 0.371. The highest BCUT2D eigenvalue weighted by molar-refractivity contribution is 5.81. The second kappa shape index (κ2) is 24.4. The van der Waals surface area contributed by atoms with E-state index in [1.165, 1.54) is 0 Å². The fourth-order valence-electron chi connectivity index (χ4n) is 0.406. The fraction of sp³-hybridized carbons (Fsp3) is 0.750. The van der Waals surface area contributed by atoms with Crippen molar-refractivity contribution in [3.63, 3.8) is 0 Å². The van der Waals surface area contributed by atoms with Crippen LogP contribution in [0.5, 0.6) is 0 Å². The molecule has 0 aromatic carbocycles. The normalized spacial score (nSPS) is 8.06. The van der Waals surface area contributed by atoms with Gasteiger partial charge in [-0.2, -0.15) is 0 Å². The van der Waals surface area contributed by atoms with E-state index in [1.54, 1.807) is 0 Å². The molecule has 0 aliphatic carbocycles. The van der Waals surface area contributed by atoms with Crippen molar-refractivity contribution >= 4 is 5.97 Å². The molecule has 17 heavy (non-hydrogen) atoms. The first kappa shape index (κ1) is 21.4. The van der Waals surface area contributed by atoms with E-state index in [2.05, 4.69) is 16.6 Å². The Labute approximate surface area is 105 Å². The third-order valence-electron chi connectivity index (χ3n) is 1.23. The molecule has 0 aromatic heterocycles. The van der Waals surface area contributed by atoms with Crippen molar-refractivity contribution in [2.24, 2.45) is 5.73 Å². The topological polar surface area (TPSA) is 84.6 Å². The molecule has 5 heteroatoms. The maximum atomic E-state index is 10.2. The third-order valence-corrected chi connectivity index (χ3v) is 1.23. The van der Waals surface area contributed by atoms with Crippen molar-refractivity contribution in [2.75, 3.05) is 26.4 Å². The highest BCUT2D eigenvalue weighted by Gasteiger charge is 1.89. The Balaban J connectivity index is -0.000000188. The van der Waals surface area contributed by atoms with Crippen molar-refractivity contribution in [3.8, 4) is 0 Å². The van der Waals surface area contributed by atoms with Gasteiger partial charge in [0.05, 0.1) is 6.61 Å². The van der Waals surface area contributed by atoms with E-state index >= 15 is 0 Å². The maximum absolute atomic E-state index is 10.2. The van der Waals surface area contributed by atoms with E-state index < -0.39 is 0 Å². The molecule has 5 nitrogen and oxygen atoms in total. The van der Waals surface area contributed by atoms with Crippen molar-refractivity contribution in [2.45, 2.75) is 33.6 Å². The molecule has 104 valence electrons. The van der Waals surface area contributed by atoms with Crippen LogP contribution in [0.15, 0.2) is 12.7 Å². The number of hydrogen-bond acceptors (Lipinski definition) is 5. The Bertz CT molecular complexity index is 149. The van der Waals surface area contributed by atoms with Crippen LogP contribution in [0.1, 0.15) is 33.6 Å². The average Bonchev–Trinajstić information content (AvgIpc) is 2.37. The van der Waals surface area contributed by atoms with Crippen LogP contribution in [0.25, 0.3) is 0 Å². The van der Waals surface area contributed by atoms with Gasteiger partial charge >= 0.3 is 5.97 Å². The second-order valence-electron chi connectivity index (χ2n) is 2.90. The van der Waals surface area contributed by atoms with E-state index in [-0.39, 0.29) is 5.97 Å². The Morgan fingerprint density at radius 1 is 1.41 bits per heavy atom. The Kier molecular flexibility index (Phi) is 30.6. The number of nitrogens with two attached hydrogens (primary N) is 1. The molecular formula is C12H28N2O3. The van der Waals surface area contributed by atoms with Crippen LogP contribution in [0.4, 0.5) is 0 Å². The average molecular weight is 248 g/mol. The number of aliphatic hydroxyl groups is 1. The zero-order valence-electron chi connectivity index (χ0n) is 11.4. The number of carbonyl (C=O) groups is 1. The molecule has 0 atom stereocenters. The van der Waals surface area contributed by atoms with Crippen LogP contribution < -0.4 is 11.1 Å². The van der Waals surface area contributed by atoms with Gasteiger partial charge in [-0.05, 0) is 19.4 Å². The summed E-state index contributed by atoms with van der Waals surface area (Å²) in [5.41, 5.74) is 5.03. The first-order valence-electron chi connectivity index (χ1n) is 5.95. The zero-order chi connectivity index (χ0) is 13.9. The first-order chi connectivity index (χ1) is 8.14. The van der Waals surface area contributed by atoms with E-state index in [0.717, 1.165) is 25.5 Å². The van der Waals surface area contributed by atoms with Gasteiger partial charge in [-0.3, -0.25) is 0 Å². The van der Waals surface area contributed by atoms with Gasteiger partial charge in [-0.25, -0.2) is 4.79 Å². The number of rotatable bonds is 6. The number of hydrogen-bond donors (Lipinski definition) is 3. The van der Waals surface area contributed by atoms with E-state index in [1.807, 2.05) is 20.8 Å². The van der Waals surface area contributed by atoms with Gasteiger partial charge in [0.25, 0.3) is 0 Å². The summed E-state index contributed by atoms with van der Waals surface area (Å²) in [6.07, 6.45) is 2.90. The third kappa shape index (κ3) is 39.5. The molecule has 0 radical (unpaired) electrons. The predicted octanol–water partition coefficient (Wildman–Crippen LogP) is 1.03. The molecule has 0 saturated carbocycles. The summed E-state index contributed by atoms with van der Waals surface area (Å²) in [6, 6.07) is 0. The number of aliphatic hydroxyl groups excluding tert-OH is 1. The van der Waals surface area contributed by atoms with Crippen molar-refractivity contribution in [3.05, 3.63) is 12.7 Å². The highest BCUT2D eigenvalue weighted by atomic mass is 16.5. The smallest absolute Gasteiger partial charge is 0.330 e. The Hall–Kier alpha value is -0.910. The van der Waals surface area contributed by atoms with Gasteiger partial charge in [-0.1, -0.05) is 27.4 Å². The number of ether oxygens (including phenoxy) is 1. The zero-order valence-corrected chi connectivity index (χ0v) is 11.4. The van der Waals surface area contributed by atoms with Gasteiger partial charge in [0.15, 0.2) is 0 Å². The monoisotopic (exact) mass is 248 g/mol. The summed E-state index contributed by atoms with van der Waals surface area (Å²) >= 11 is 0. The van der Waals surface area contributed by atoms with Crippen molar-refractivity contribution in [1.82, 2.24) is 5.32 Å². The SMILES string of the molecule is C=CC(=O)OCCC.CCCO.CCNCN. The number of nitrogens with one attached hydrogen (secondary N) is 1. The molecule has 0 spiro atoms. The molecule has 4 N–H and O–H groups in total. The molecule has 0 rings (SSSR count). The van der Waals surface area contributed by atoms with Crippen LogP contribution in [-0.2, 0) is 9.53 Å². The molecule has 0 aromatic rings. The minimum absolute atomic E-state index is 0.319. The van der Waals surface area contributed by atoms with E-state index in [9.17, 15) is 4.79 Å². The molecule has 0 saturated heterocycles. The molecular weight excluding hydrogens is 220 g/mol. The summed E-state index contributed by atoms with van der Waals surface area (Å²) in [5, 5.41) is 10.8. The molecule has 0 amide bonds. The largest absolute Gasteiger partial charge is 0.463 e. The lowest BCUT2D eigenvalue weighted by Gasteiger charge is -1.94. The lowest BCUT2D eigenvalue weighted by Crippen LogP contribution is -2.21. The van der Waals surface area contributed by atoms with Crippen LogP contribution in [0.3, 0.4) is 0 Å². The number of esters is 1. The van der Waals surface area contributed by atoms with Crippen LogP contribution in [0, 0.1) is 0 Å². The Morgan fingerprint density at radius 3 is 2.12 bits per heavy atom. The Morgan fingerprint density at radius 2 is 1.94 bits per heavy atom. The lowest BCUT2D eigenvalue weighted by molar-refractivity contribution is -0.137. The fourth-order valence-corrected chi connectivity index (χ4v) is 0.406. The predicted molar refractivity (Wildman–Crippen MR) is 71.6 cm³/mol. The van der Waals surface area contributed by atoms with E-state index in [0.29, 0.717) is 19.9 Å². The summed E-state index contributed by atoms with van der Waals surface area (Å²) in [6.45, 7) is 11.5. The van der Waals surface area contributed by atoms with Crippen molar-refractivity contribution < 1.29 is 14.6 Å². The molecule has 0 aliphatic rings. The first-order valence-corrected chi connectivity index (χ1v) is 5.95. The minimum Gasteiger partial charge on any atom is -0.463 e. The van der Waals surface area contributed by atoms with E-state index in [4.69, 9.17) is 10.8 Å². The highest BCUT2D eigenvalue weighted by Crippen LogP contribution is 1.81. The second-order valence-corrected chi connectivity index (χ2v) is 2.90. The molecule has 0 unspecified atom stereocenters. The lowest BCUT2D eigenvalue weighted by atomic mass is 10.5. The minimum atomic E-state index is -0.341. The van der Waals surface area contributed by atoms with Gasteiger partial charge in [0.1, 0.15) is 0 Å². The molecule has 0 aliphatic heterocycles. The van der Waals surface area contributed by atoms with Crippen LogP contribution in [0.2, 0.25) is 0 Å². The molecule has 0 bridgehead atoms. The van der Waals surface area contributed by atoms with Gasteiger partial charge in [-0.15, -0.1) is 0 Å². The summed E-state index contributed by atoms with van der Waals surface area (Å²) in [5.74, 6) is -0.341.